The van der Waals surface area contributed by atoms with Gasteiger partial charge >= 0.3 is 0 Å². The van der Waals surface area contributed by atoms with E-state index in [0.717, 1.165) is 12.5 Å². The molecule has 2 unspecified atom stereocenters. The third kappa shape index (κ3) is 5.59. The second-order valence-electron chi connectivity index (χ2n) is 3.82. The molecule has 0 rings (SSSR count). The standard InChI is InChI=1S/C11H25N/c1-5-7-8-9-10(3)11(4)12-6-2/h10-12H,5-9H2,1-4H3. The van der Waals surface area contributed by atoms with Crippen molar-refractivity contribution in [3.63, 3.8) is 0 Å². The number of hydrogen-bond acceptors (Lipinski definition) is 1. The van der Waals surface area contributed by atoms with Crippen molar-refractivity contribution in [3.8, 4) is 0 Å². The van der Waals surface area contributed by atoms with Gasteiger partial charge < -0.3 is 5.32 Å². The molecule has 0 aliphatic heterocycles. The zero-order chi connectivity index (χ0) is 9.40. The maximum Gasteiger partial charge on any atom is 0.00642 e. The molecule has 2 atom stereocenters. The Kier molecular flexibility index (Phi) is 7.58. The van der Waals surface area contributed by atoms with E-state index in [1.165, 1.54) is 25.7 Å². The molecule has 0 heterocycles. The Balaban J connectivity index is 3.35. The van der Waals surface area contributed by atoms with E-state index < -0.39 is 0 Å². The van der Waals surface area contributed by atoms with Crippen molar-refractivity contribution < 1.29 is 0 Å². The van der Waals surface area contributed by atoms with Gasteiger partial charge in [-0.15, -0.1) is 0 Å². The highest BCUT2D eigenvalue weighted by atomic mass is 14.9. The summed E-state index contributed by atoms with van der Waals surface area (Å²) in [7, 11) is 0. The lowest BCUT2D eigenvalue weighted by atomic mass is 9.96. The molecular weight excluding hydrogens is 146 g/mol. The highest BCUT2D eigenvalue weighted by Gasteiger charge is 2.09. The summed E-state index contributed by atoms with van der Waals surface area (Å²) in [6.07, 6.45) is 5.50. The second kappa shape index (κ2) is 7.60. The fourth-order valence-corrected chi connectivity index (χ4v) is 1.49. The fourth-order valence-electron chi connectivity index (χ4n) is 1.49. The normalized spacial score (nSPS) is 16.0. The van der Waals surface area contributed by atoms with Crippen LogP contribution in [0, 0.1) is 5.92 Å². The van der Waals surface area contributed by atoms with Crippen molar-refractivity contribution >= 4 is 0 Å². The summed E-state index contributed by atoms with van der Waals surface area (Å²) < 4.78 is 0. The summed E-state index contributed by atoms with van der Waals surface area (Å²) in [5.41, 5.74) is 0. The van der Waals surface area contributed by atoms with Crippen LogP contribution in [-0.2, 0) is 0 Å². The van der Waals surface area contributed by atoms with Gasteiger partial charge in [-0.25, -0.2) is 0 Å². The summed E-state index contributed by atoms with van der Waals surface area (Å²) in [5.74, 6) is 0.830. The quantitative estimate of drug-likeness (QED) is 0.580. The third-order valence-electron chi connectivity index (χ3n) is 2.64. The van der Waals surface area contributed by atoms with Crippen molar-refractivity contribution in [2.75, 3.05) is 6.54 Å². The smallest absolute Gasteiger partial charge is 0.00642 e. The number of hydrogen-bond donors (Lipinski definition) is 1. The van der Waals surface area contributed by atoms with Crippen LogP contribution in [0.2, 0.25) is 0 Å². The minimum atomic E-state index is 0.687. The summed E-state index contributed by atoms with van der Waals surface area (Å²) in [4.78, 5) is 0. The Labute approximate surface area is 77.9 Å². The summed E-state index contributed by atoms with van der Waals surface area (Å²) in [5, 5.41) is 3.47. The van der Waals surface area contributed by atoms with Gasteiger partial charge in [0, 0.05) is 6.04 Å². The van der Waals surface area contributed by atoms with Crippen LogP contribution in [-0.4, -0.2) is 12.6 Å². The average molecular weight is 171 g/mol. The Morgan fingerprint density at radius 2 is 1.75 bits per heavy atom. The van der Waals surface area contributed by atoms with Crippen molar-refractivity contribution in [3.05, 3.63) is 0 Å². The molecule has 1 heteroatoms. The predicted octanol–water partition coefficient (Wildman–Crippen LogP) is 3.20. The van der Waals surface area contributed by atoms with Crippen LogP contribution in [0.15, 0.2) is 0 Å². The van der Waals surface area contributed by atoms with Crippen LogP contribution in [0.3, 0.4) is 0 Å². The predicted molar refractivity (Wildman–Crippen MR) is 56.4 cm³/mol. The molecule has 0 bridgehead atoms. The average Bonchev–Trinajstić information content (AvgIpc) is 2.05. The summed E-state index contributed by atoms with van der Waals surface area (Å²) >= 11 is 0. The minimum Gasteiger partial charge on any atom is -0.314 e. The highest BCUT2D eigenvalue weighted by Crippen LogP contribution is 2.12. The van der Waals surface area contributed by atoms with Crippen LogP contribution >= 0.6 is 0 Å². The molecule has 0 fully saturated rings. The first-order chi connectivity index (χ1) is 5.72. The van der Waals surface area contributed by atoms with Crippen LogP contribution in [0.4, 0.5) is 0 Å². The Bertz CT molecular complexity index is 91.0. The molecule has 74 valence electrons. The SMILES string of the molecule is CCCCCC(C)C(C)NCC. The van der Waals surface area contributed by atoms with Crippen LogP contribution < -0.4 is 5.32 Å². The van der Waals surface area contributed by atoms with Gasteiger partial charge in [-0.3, -0.25) is 0 Å². The molecule has 0 saturated carbocycles. The molecule has 0 aliphatic rings. The Hall–Kier alpha value is -0.0400. The molecule has 1 N–H and O–H groups in total. The first-order valence-electron chi connectivity index (χ1n) is 5.45. The zero-order valence-electron chi connectivity index (χ0n) is 9.19. The van der Waals surface area contributed by atoms with Crippen LogP contribution in [0.5, 0.6) is 0 Å². The van der Waals surface area contributed by atoms with Gasteiger partial charge in [-0.2, -0.15) is 0 Å². The van der Waals surface area contributed by atoms with E-state index in [9.17, 15) is 0 Å². The minimum absolute atomic E-state index is 0.687. The van der Waals surface area contributed by atoms with E-state index in [4.69, 9.17) is 0 Å². The van der Waals surface area contributed by atoms with E-state index in [2.05, 4.69) is 33.0 Å². The van der Waals surface area contributed by atoms with Gasteiger partial charge in [0.25, 0.3) is 0 Å². The maximum absolute atomic E-state index is 3.47. The van der Waals surface area contributed by atoms with E-state index in [0.29, 0.717) is 6.04 Å². The first kappa shape index (κ1) is 12.0. The van der Waals surface area contributed by atoms with Gasteiger partial charge in [0.15, 0.2) is 0 Å². The van der Waals surface area contributed by atoms with Gasteiger partial charge in [0.2, 0.25) is 0 Å². The van der Waals surface area contributed by atoms with Crippen molar-refractivity contribution in [1.29, 1.82) is 0 Å². The number of rotatable bonds is 7. The molecule has 0 radical (unpaired) electrons. The summed E-state index contributed by atoms with van der Waals surface area (Å²) in [6.45, 7) is 10.2. The first-order valence-corrected chi connectivity index (χ1v) is 5.45. The molecular formula is C11H25N. The Morgan fingerprint density at radius 1 is 1.08 bits per heavy atom. The molecule has 0 aliphatic carbocycles. The summed E-state index contributed by atoms with van der Waals surface area (Å²) in [6, 6.07) is 0.687. The number of unbranched alkanes of at least 4 members (excludes halogenated alkanes) is 2. The third-order valence-corrected chi connectivity index (χ3v) is 2.64. The Morgan fingerprint density at radius 3 is 2.25 bits per heavy atom. The van der Waals surface area contributed by atoms with Gasteiger partial charge in [0.1, 0.15) is 0 Å². The van der Waals surface area contributed by atoms with Gasteiger partial charge in [-0.05, 0) is 25.8 Å². The fraction of sp³-hybridized carbons (Fsp3) is 1.00. The van der Waals surface area contributed by atoms with Gasteiger partial charge in [0.05, 0.1) is 0 Å². The molecule has 0 amide bonds. The molecule has 0 spiro atoms. The maximum atomic E-state index is 3.47. The molecule has 0 aromatic heterocycles. The monoisotopic (exact) mass is 171 g/mol. The molecule has 0 aromatic rings. The van der Waals surface area contributed by atoms with E-state index in [1.54, 1.807) is 0 Å². The van der Waals surface area contributed by atoms with E-state index in [-0.39, 0.29) is 0 Å². The lowest BCUT2D eigenvalue weighted by Gasteiger charge is -2.20. The molecule has 12 heavy (non-hydrogen) atoms. The highest BCUT2D eigenvalue weighted by molar-refractivity contribution is 4.67. The van der Waals surface area contributed by atoms with Crippen LogP contribution in [0.1, 0.15) is 53.4 Å². The largest absolute Gasteiger partial charge is 0.314 e. The molecule has 0 saturated heterocycles. The van der Waals surface area contributed by atoms with E-state index >= 15 is 0 Å². The van der Waals surface area contributed by atoms with Crippen molar-refractivity contribution in [2.45, 2.75) is 59.4 Å². The van der Waals surface area contributed by atoms with Crippen molar-refractivity contribution in [1.82, 2.24) is 5.32 Å². The second-order valence-corrected chi connectivity index (χ2v) is 3.82. The topological polar surface area (TPSA) is 12.0 Å². The van der Waals surface area contributed by atoms with E-state index in [1.807, 2.05) is 0 Å². The lowest BCUT2D eigenvalue weighted by Crippen LogP contribution is -2.31. The molecule has 0 aromatic carbocycles. The van der Waals surface area contributed by atoms with Crippen LogP contribution in [0.25, 0.3) is 0 Å². The molecule has 1 nitrogen and oxygen atoms in total. The zero-order valence-corrected chi connectivity index (χ0v) is 9.19. The van der Waals surface area contributed by atoms with Gasteiger partial charge in [-0.1, -0.05) is 40.0 Å². The van der Waals surface area contributed by atoms with Crippen molar-refractivity contribution in [2.24, 2.45) is 5.92 Å². The lowest BCUT2D eigenvalue weighted by molar-refractivity contribution is 0.373. The number of nitrogens with one attached hydrogen (secondary N) is 1.